The summed E-state index contributed by atoms with van der Waals surface area (Å²) in [6.45, 7) is 7.31. The minimum atomic E-state index is -4.56. The first-order valence-corrected chi connectivity index (χ1v) is 13.2. The van der Waals surface area contributed by atoms with E-state index in [1.165, 1.54) is 55.7 Å². The third kappa shape index (κ3) is 10.6. The number of ether oxygens (including phenoxy) is 1. The molecule has 0 aliphatic rings. The Balaban J connectivity index is 1.69. The van der Waals surface area contributed by atoms with E-state index in [1.807, 2.05) is 0 Å². The number of hydrogen-bond donors (Lipinski definition) is 0. The predicted molar refractivity (Wildman–Crippen MR) is 135 cm³/mol. The van der Waals surface area contributed by atoms with Crippen LogP contribution in [0.1, 0.15) is 90.7 Å². The second kappa shape index (κ2) is 13.8. The molecule has 9 heteroatoms. The van der Waals surface area contributed by atoms with Gasteiger partial charge in [0.05, 0.1) is 5.02 Å². The van der Waals surface area contributed by atoms with E-state index < -0.39 is 11.9 Å². The van der Waals surface area contributed by atoms with Crippen LogP contribution in [0.5, 0.6) is 0 Å². The number of rotatable bonds is 14. The van der Waals surface area contributed by atoms with Gasteiger partial charge in [-0.3, -0.25) is 4.98 Å². The van der Waals surface area contributed by atoms with Gasteiger partial charge in [-0.05, 0) is 40.3 Å². The van der Waals surface area contributed by atoms with Gasteiger partial charge >= 0.3 is 6.18 Å². The standard InChI is InChI=1S/C25H36BrClF3N3O/c1-24(2,3)13-11-9-7-5-4-6-8-10-12-14-34-18-33-17-21(25(28,29)30)32-23(33)22-20(27)15-19(26)16-31-22/h15-17H,4-14,18H2,1-3H3. The number of nitrogens with zero attached hydrogens (tertiary/aromatic N) is 3. The Morgan fingerprint density at radius 2 is 1.56 bits per heavy atom. The lowest BCUT2D eigenvalue weighted by molar-refractivity contribution is -0.141. The van der Waals surface area contributed by atoms with Gasteiger partial charge < -0.3 is 9.30 Å². The van der Waals surface area contributed by atoms with Gasteiger partial charge in [-0.25, -0.2) is 4.98 Å². The van der Waals surface area contributed by atoms with E-state index in [0.717, 1.165) is 25.5 Å². The second-order valence-electron chi connectivity index (χ2n) is 9.93. The van der Waals surface area contributed by atoms with Gasteiger partial charge in [0.1, 0.15) is 12.4 Å². The van der Waals surface area contributed by atoms with Gasteiger partial charge in [-0.2, -0.15) is 13.2 Å². The van der Waals surface area contributed by atoms with Gasteiger partial charge in [0.25, 0.3) is 0 Å². The molecule has 0 amide bonds. The molecule has 0 aromatic carbocycles. The van der Waals surface area contributed by atoms with Crippen LogP contribution in [-0.2, 0) is 17.6 Å². The zero-order chi connectivity index (χ0) is 25.2. The van der Waals surface area contributed by atoms with Gasteiger partial charge in [-0.1, -0.05) is 83.7 Å². The number of hydrogen-bond acceptors (Lipinski definition) is 3. The van der Waals surface area contributed by atoms with Crippen molar-refractivity contribution >= 4 is 27.5 Å². The summed E-state index contributed by atoms with van der Waals surface area (Å²) in [5.41, 5.74) is -0.377. The molecule has 192 valence electrons. The summed E-state index contributed by atoms with van der Waals surface area (Å²) < 4.78 is 47.2. The van der Waals surface area contributed by atoms with Gasteiger partial charge in [0.15, 0.2) is 11.5 Å². The average molecular weight is 567 g/mol. The molecule has 0 fully saturated rings. The first-order chi connectivity index (χ1) is 16.0. The predicted octanol–water partition coefficient (Wildman–Crippen LogP) is 9.30. The summed E-state index contributed by atoms with van der Waals surface area (Å²) in [7, 11) is 0. The maximum atomic E-state index is 13.2. The number of aromatic nitrogens is 3. The summed E-state index contributed by atoms with van der Waals surface area (Å²) in [5.74, 6) is 0.0346. The van der Waals surface area contributed by atoms with Crippen molar-refractivity contribution in [2.24, 2.45) is 5.41 Å². The number of pyridine rings is 1. The molecule has 0 unspecified atom stereocenters. The maximum absolute atomic E-state index is 13.2. The molecule has 2 aromatic rings. The molecule has 34 heavy (non-hydrogen) atoms. The highest BCUT2D eigenvalue weighted by molar-refractivity contribution is 9.10. The Labute approximate surface area is 214 Å². The fourth-order valence-corrected chi connectivity index (χ4v) is 4.39. The minimum Gasteiger partial charge on any atom is -0.361 e. The fraction of sp³-hybridized carbons (Fsp3) is 0.680. The molecule has 0 bridgehead atoms. The number of alkyl halides is 3. The number of unbranched alkanes of at least 4 members (excludes halogenated alkanes) is 8. The minimum absolute atomic E-state index is 0.0346. The van der Waals surface area contributed by atoms with Gasteiger partial charge in [-0.15, -0.1) is 0 Å². The molecule has 0 saturated heterocycles. The summed E-state index contributed by atoms with van der Waals surface area (Å²) in [6, 6.07) is 1.57. The van der Waals surface area contributed by atoms with Crippen LogP contribution in [0.15, 0.2) is 22.9 Å². The molecule has 0 saturated carbocycles. The van der Waals surface area contributed by atoms with E-state index in [2.05, 4.69) is 46.7 Å². The Bertz CT molecular complexity index is 881. The van der Waals surface area contributed by atoms with Crippen LogP contribution < -0.4 is 0 Å². The lowest BCUT2D eigenvalue weighted by atomic mass is 9.89. The Hall–Kier alpha value is -1.12. The van der Waals surface area contributed by atoms with Crippen LogP contribution in [0.4, 0.5) is 13.2 Å². The zero-order valence-corrected chi connectivity index (χ0v) is 22.7. The van der Waals surface area contributed by atoms with E-state index in [1.54, 1.807) is 6.07 Å². The van der Waals surface area contributed by atoms with E-state index >= 15 is 0 Å². The van der Waals surface area contributed by atoms with Crippen molar-refractivity contribution in [1.82, 2.24) is 14.5 Å². The summed E-state index contributed by atoms with van der Waals surface area (Å²) in [4.78, 5) is 7.86. The topological polar surface area (TPSA) is 39.9 Å². The van der Waals surface area contributed by atoms with Crippen molar-refractivity contribution in [3.63, 3.8) is 0 Å². The van der Waals surface area contributed by atoms with Crippen molar-refractivity contribution in [1.29, 1.82) is 0 Å². The van der Waals surface area contributed by atoms with Gasteiger partial charge in [0, 0.05) is 23.5 Å². The van der Waals surface area contributed by atoms with Crippen LogP contribution in [-0.4, -0.2) is 21.1 Å². The smallest absolute Gasteiger partial charge is 0.361 e. The van der Waals surface area contributed by atoms with Crippen molar-refractivity contribution in [3.8, 4) is 11.5 Å². The van der Waals surface area contributed by atoms with E-state index in [4.69, 9.17) is 16.3 Å². The molecular weight excluding hydrogens is 531 g/mol. The lowest BCUT2D eigenvalue weighted by Crippen LogP contribution is -2.06. The van der Waals surface area contributed by atoms with Crippen LogP contribution in [0.2, 0.25) is 5.02 Å². The van der Waals surface area contributed by atoms with Crippen LogP contribution >= 0.6 is 27.5 Å². The fourth-order valence-electron chi connectivity index (χ4n) is 3.68. The molecule has 0 spiro atoms. The number of halogens is 5. The lowest BCUT2D eigenvalue weighted by Gasteiger charge is -2.17. The summed E-state index contributed by atoms with van der Waals surface area (Å²) >= 11 is 9.44. The number of imidazole rings is 1. The Morgan fingerprint density at radius 3 is 2.12 bits per heavy atom. The molecule has 0 radical (unpaired) electrons. The summed E-state index contributed by atoms with van der Waals surface area (Å²) in [5, 5.41) is 0.212. The molecular formula is C25H36BrClF3N3O. The maximum Gasteiger partial charge on any atom is 0.434 e. The molecule has 0 aliphatic carbocycles. The average Bonchev–Trinajstić information content (AvgIpc) is 3.15. The molecule has 2 rings (SSSR count). The van der Waals surface area contributed by atoms with E-state index in [0.29, 0.717) is 16.5 Å². The Morgan fingerprint density at radius 1 is 0.971 bits per heavy atom. The summed E-state index contributed by atoms with van der Waals surface area (Å²) in [6.07, 6.45) is 9.92. The monoisotopic (exact) mass is 565 g/mol. The highest BCUT2D eigenvalue weighted by Crippen LogP contribution is 2.33. The largest absolute Gasteiger partial charge is 0.434 e. The highest BCUT2D eigenvalue weighted by Gasteiger charge is 2.35. The van der Waals surface area contributed by atoms with E-state index in [9.17, 15) is 13.2 Å². The quantitative estimate of drug-likeness (QED) is 0.214. The first kappa shape index (κ1) is 29.1. The van der Waals surface area contributed by atoms with Crippen LogP contribution in [0.25, 0.3) is 11.5 Å². The van der Waals surface area contributed by atoms with Crippen molar-refractivity contribution < 1.29 is 17.9 Å². The highest BCUT2D eigenvalue weighted by atomic mass is 79.9. The molecule has 4 nitrogen and oxygen atoms in total. The van der Waals surface area contributed by atoms with Crippen LogP contribution in [0, 0.1) is 5.41 Å². The first-order valence-electron chi connectivity index (χ1n) is 12.0. The molecule has 2 heterocycles. The van der Waals surface area contributed by atoms with Gasteiger partial charge in [0.2, 0.25) is 0 Å². The second-order valence-corrected chi connectivity index (χ2v) is 11.3. The molecule has 0 aliphatic heterocycles. The normalized spacial score (nSPS) is 12.5. The Kier molecular flexibility index (Phi) is 11.8. The zero-order valence-electron chi connectivity index (χ0n) is 20.4. The SMILES string of the molecule is CC(C)(C)CCCCCCCCCCCOCn1cc(C(F)(F)F)nc1-c1ncc(Br)cc1Cl. The van der Waals surface area contributed by atoms with Crippen molar-refractivity contribution in [3.05, 3.63) is 33.6 Å². The molecule has 2 aromatic heterocycles. The van der Waals surface area contributed by atoms with Crippen LogP contribution in [0.3, 0.4) is 0 Å². The third-order valence-corrected chi connectivity index (χ3v) is 6.25. The third-order valence-electron chi connectivity index (χ3n) is 5.53. The van der Waals surface area contributed by atoms with Crippen molar-refractivity contribution in [2.75, 3.05) is 6.61 Å². The van der Waals surface area contributed by atoms with Crippen molar-refractivity contribution in [2.45, 2.75) is 97.9 Å². The van der Waals surface area contributed by atoms with E-state index in [-0.39, 0.29) is 23.3 Å². The molecule has 0 atom stereocenters. The molecule has 0 N–H and O–H groups in total.